The first-order valence-electron chi connectivity index (χ1n) is 5.59. The molecule has 0 saturated carbocycles. The second-order valence-electron chi connectivity index (χ2n) is 3.96. The zero-order valence-electron chi connectivity index (χ0n) is 10.0. The van der Waals surface area contributed by atoms with Crippen LogP contribution in [0.3, 0.4) is 0 Å². The number of carbonyl (C=O) groups is 1. The maximum absolute atomic E-state index is 10.7. The highest BCUT2D eigenvalue weighted by Gasteiger charge is 2.03. The Bertz CT molecular complexity index is 534. The summed E-state index contributed by atoms with van der Waals surface area (Å²) < 4.78 is 0. The van der Waals surface area contributed by atoms with Gasteiger partial charge < -0.3 is 10.4 Å². The number of carboxylic acids is 1. The van der Waals surface area contributed by atoms with E-state index in [1.807, 2.05) is 0 Å². The largest absolute Gasteiger partial charge is 0.478 e. The van der Waals surface area contributed by atoms with Gasteiger partial charge >= 0.3 is 5.97 Å². The lowest BCUT2D eigenvalue weighted by Crippen LogP contribution is -2.13. The van der Waals surface area contributed by atoms with Crippen molar-refractivity contribution in [2.45, 2.75) is 20.0 Å². The van der Waals surface area contributed by atoms with Gasteiger partial charge in [0.05, 0.1) is 11.3 Å². The fourth-order valence-electron chi connectivity index (χ4n) is 1.55. The molecule has 0 aliphatic heterocycles. The molecule has 18 heavy (non-hydrogen) atoms. The third-order valence-corrected chi connectivity index (χ3v) is 3.47. The van der Waals surface area contributed by atoms with E-state index < -0.39 is 5.97 Å². The highest BCUT2D eigenvalue weighted by molar-refractivity contribution is 7.11. The Balaban J connectivity index is 1.85. The lowest BCUT2D eigenvalue weighted by atomic mass is 10.2. The van der Waals surface area contributed by atoms with E-state index in [2.05, 4.69) is 29.4 Å². The summed E-state index contributed by atoms with van der Waals surface area (Å²) in [4.78, 5) is 17.3. The number of nitrogens with one attached hydrogen (secondary N) is 1. The number of aromatic nitrogens is 1. The fourth-order valence-corrected chi connectivity index (χ4v) is 2.41. The van der Waals surface area contributed by atoms with E-state index in [4.69, 9.17) is 5.11 Å². The Morgan fingerprint density at radius 3 is 2.72 bits per heavy atom. The van der Waals surface area contributed by atoms with E-state index in [0.29, 0.717) is 6.54 Å². The van der Waals surface area contributed by atoms with Gasteiger partial charge in [-0.05, 0) is 31.2 Å². The van der Waals surface area contributed by atoms with Gasteiger partial charge in [0.15, 0.2) is 0 Å². The first kappa shape index (κ1) is 12.7. The highest BCUT2D eigenvalue weighted by atomic mass is 32.1. The molecule has 0 radical (unpaired) electrons. The number of pyridine rings is 1. The average molecular weight is 262 g/mol. The Kier molecular flexibility index (Phi) is 4.07. The van der Waals surface area contributed by atoms with Gasteiger partial charge in [-0.15, -0.1) is 11.3 Å². The molecule has 0 amide bonds. The van der Waals surface area contributed by atoms with Gasteiger partial charge in [-0.2, -0.15) is 0 Å². The predicted molar refractivity (Wildman–Crippen MR) is 70.8 cm³/mol. The van der Waals surface area contributed by atoms with Crippen LogP contribution in [0.25, 0.3) is 0 Å². The van der Waals surface area contributed by atoms with Crippen LogP contribution in [0.2, 0.25) is 0 Å². The Labute approximate surface area is 109 Å². The molecular weight excluding hydrogens is 248 g/mol. The number of carboxylic acid groups (broad SMARTS) is 1. The summed E-state index contributed by atoms with van der Waals surface area (Å²) >= 11 is 1.77. The van der Waals surface area contributed by atoms with E-state index in [1.54, 1.807) is 23.5 Å². The monoisotopic (exact) mass is 262 g/mol. The summed E-state index contributed by atoms with van der Waals surface area (Å²) in [6.07, 6.45) is 1.38. The molecule has 0 aromatic carbocycles. The van der Waals surface area contributed by atoms with Crippen LogP contribution >= 0.6 is 11.3 Å². The quantitative estimate of drug-likeness (QED) is 0.868. The standard InChI is InChI=1S/C13H14N2O2S/c1-9-2-5-12(18-9)8-14-7-11-4-3-10(6-15-11)13(16)17/h2-6,14H,7-8H2,1H3,(H,16,17). The van der Waals surface area contributed by atoms with Gasteiger partial charge in [0.25, 0.3) is 0 Å². The van der Waals surface area contributed by atoms with Crippen LogP contribution in [0.5, 0.6) is 0 Å². The van der Waals surface area contributed by atoms with Crippen molar-refractivity contribution in [1.29, 1.82) is 0 Å². The van der Waals surface area contributed by atoms with Gasteiger partial charge in [0.1, 0.15) is 0 Å². The molecule has 2 heterocycles. The average Bonchev–Trinajstić information content (AvgIpc) is 2.76. The number of nitrogens with zero attached hydrogens (tertiary/aromatic N) is 1. The number of hydrogen-bond acceptors (Lipinski definition) is 4. The van der Waals surface area contributed by atoms with Crippen molar-refractivity contribution in [2.24, 2.45) is 0 Å². The molecule has 0 fully saturated rings. The van der Waals surface area contributed by atoms with E-state index in [1.165, 1.54) is 16.0 Å². The van der Waals surface area contributed by atoms with E-state index in [9.17, 15) is 4.79 Å². The van der Waals surface area contributed by atoms with Crippen LogP contribution < -0.4 is 5.32 Å². The molecule has 2 aromatic heterocycles. The Morgan fingerprint density at radius 2 is 2.17 bits per heavy atom. The van der Waals surface area contributed by atoms with Gasteiger partial charge in [0.2, 0.25) is 0 Å². The van der Waals surface area contributed by atoms with Crippen molar-refractivity contribution in [2.75, 3.05) is 0 Å². The van der Waals surface area contributed by atoms with Crippen LogP contribution in [-0.2, 0) is 13.1 Å². The van der Waals surface area contributed by atoms with Gasteiger partial charge in [-0.25, -0.2) is 4.79 Å². The number of aryl methyl sites for hydroxylation is 1. The van der Waals surface area contributed by atoms with Gasteiger partial charge in [-0.3, -0.25) is 4.98 Å². The number of hydrogen-bond donors (Lipinski definition) is 2. The van der Waals surface area contributed by atoms with Gasteiger partial charge in [-0.1, -0.05) is 0 Å². The molecular formula is C13H14N2O2S. The van der Waals surface area contributed by atoms with E-state index in [0.717, 1.165) is 12.2 Å². The maximum atomic E-state index is 10.7. The minimum atomic E-state index is -0.948. The summed E-state index contributed by atoms with van der Waals surface area (Å²) in [6, 6.07) is 7.51. The molecule has 94 valence electrons. The van der Waals surface area contributed by atoms with Crippen LogP contribution in [0.15, 0.2) is 30.5 Å². The summed E-state index contributed by atoms with van der Waals surface area (Å²) in [5.74, 6) is -0.948. The number of thiophene rings is 1. The maximum Gasteiger partial charge on any atom is 0.337 e. The van der Waals surface area contributed by atoms with E-state index in [-0.39, 0.29) is 5.56 Å². The third kappa shape index (κ3) is 3.38. The lowest BCUT2D eigenvalue weighted by molar-refractivity contribution is 0.0696. The Hall–Kier alpha value is -1.72. The van der Waals surface area contributed by atoms with Crippen molar-refractivity contribution >= 4 is 17.3 Å². The first-order valence-corrected chi connectivity index (χ1v) is 6.41. The zero-order chi connectivity index (χ0) is 13.0. The molecule has 0 aliphatic rings. The molecule has 0 bridgehead atoms. The molecule has 0 atom stereocenters. The summed E-state index contributed by atoms with van der Waals surface area (Å²) in [5, 5.41) is 12.0. The molecule has 4 nitrogen and oxygen atoms in total. The lowest BCUT2D eigenvalue weighted by Gasteiger charge is -2.03. The van der Waals surface area contributed by atoms with Gasteiger partial charge in [0, 0.05) is 29.0 Å². The molecule has 0 spiro atoms. The van der Waals surface area contributed by atoms with Crippen LogP contribution in [0.4, 0.5) is 0 Å². The first-order chi connectivity index (χ1) is 8.65. The molecule has 5 heteroatoms. The van der Waals surface area contributed by atoms with Crippen molar-refractivity contribution in [3.63, 3.8) is 0 Å². The summed E-state index contributed by atoms with van der Waals surface area (Å²) in [7, 11) is 0. The second-order valence-corrected chi connectivity index (χ2v) is 5.33. The van der Waals surface area contributed by atoms with Crippen molar-refractivity contribution in [3.05, 3.63) is 51.5 Å². The van der Waals surface area contributed by atoms with Crippen molar-refractivity contribution < 1.29 is 9.90 Å². The van der Waals surface area contributed by atoms with E-state index >= 15 is 0 Å². The topological polar surface area (TPSA) is 62.2 Å². The molecule has 2 rings (SSSR count). The highest BCUT2D eigenvalue weighted by Crippen LogP contribution is 2.14. The predicted octanol–water partition coefficient (Wildman–Crippen LogP) is 2.44. The van der Waals surface area contributed by atoms with Crippen LogP contribution in [0, 0.1) is 6.92 Å². The molecule has 0 unspecified atom stereocenters. The summed E-state index contributed by atoms with van der Waals surface area (Å²) in [5.41, 5.74) is 1.06. The summed E-state index contributed by atoms with van der Waals surface area (Å²) in [6.45, 7) is 3.53. The van der Waals surface area contributed by atoms with Crippen molar-refractivity contribution in [3.8, 4) is 0 Å². The Morgan fingerprint density at radius 1 is 1.33 bits per heavy atom. The smallest absolute Gasteiger partial charge is 0.337 e. The zero-order valence-corrected chi connectivity index (χ0v) is 10.8. The van der Waals surface area contributed by atoms with Crippen molar-refractivity contribution in [1.82, 2.24) is 10.3 Å². The second kappa shape index (κ2) is 5.75. The van der Waals surface area contributed by atoms with Crippen LogP contribution in [-0.4, -0.2) is 16.1 Å². The molecule has 0 aliphatic carbocycles. The molecule has 0 saturated heterocycles. The fraction of sp³-hybridized carbons (Fsp3) is 0.231. The number of aromatic carboxylic acids is 1. The number of rotatable bonds is 5. The molecule has 2 N–H and O–H groups in total. The van der Waals surface area contributed by atoms with Crippen LogP contribution in [0.1, 0.15) is 25.8 Å². The SMILES string of the molecule is Cc1ccc(CNCc2ccc(C(=O)O)cn2)s1. The normalized spacial score (nSPS) is 10.5. The minimum Gasteiger partial charge on any atom is -0.478 e. The molecule has 2 aromatic rings. The minimum absolute atomic E-state index is 0.215. The third-order valence-electron chi connectivity index (χ3n) is 2.47.